The van der Waals surface area contributed by atoms with E-state index in [1.807, 2.05) is 38.1 Å². The Bertz CT molecular complexity index is 402. The first-order chi connectivity index (χ1) is 8.78. The van der Waals surface area contributed by atoms with Gasteiger partial charge in [0.2, 0.25) is 5.91 Å². The van der Waals surface area contributed by atoms with E-state index in [2.05, 4.69) is 31.4 Å². The van der Waals surface area contributed by atoms with Crippen molar-refractivity contribution in [3.8, 4) is 0 Å². The predicted molar refractivity (Wildman–Crippen MR) is 82.5 cm³/mol. The molecular formula is C16H26N2O. The molecule has 0 saturated carbocycles. The zero-order valence-electron chi connectivity index (χ0n) is 12.7. The normalized spacial score (nSPS) is 11.5. The molecule has 1 rings (SSSR count). The van der Waals surface area contributed by atoms with Gasteiger partial charge in [-0.05, 0) is 36.1 Å². The van der Waals surface area contributed by atoms with Crippen LogP contribution >= 0.6 is 0 Å². The molecule has 0 atom stereocenters. The van der Waals surface area contributed by atoms with Gasteiger partial charge in [-0.1, -0.05) is 34.6 Å². The smallest absolute Gasteiger partial charge is 0.226 e. The number of nitrogens with one attached hydrogen (secondary N) is 2. The first-order valence-electron chi connectivity index (χ1n) is 6.93. The first kappa shape index (κ1) is 15.5. The summed E-state index contributed by atoms with van der Waals surface area (Å²) in [6, 6.07) is 7.86. The number of benzene rings is 1. The van der Waals surface area contributed by atoms with Crippen LogP contribution in [0, 0.1) is 11.3 Å². The Kier molecular flexibility index (Phi) is 5.40. The van der Waals surface area contributed by atoms with Gasteiger partial charge < -0.3 is 10.6 Å². The number of hydrogen-bond acceptors (Lipinski definition) is 2. The molecule has 0 fully saturated rings. The summed E-state index contributed by atoms with van der Waals surface area (Å²) >= 11 is 0. The number of anilines is 2. The second-order valence-corrected chi connectivity index (χ2v) is 6.46. The quantitative estimate of drug-likeness (QED) is 0.837. The molecule has 0 heterocycles. The van der Waals surface area contributed by atoms with Crippen molar-refractivity contribution in [2.45, 2.75) is 41.0 Å². The maximum Gasteiger partial charge on any atom is 0.226 e. The van der Waals surface area contributed by atoms with Crippen molar-refractivity contribution in [1.82, 2.24) is 0 Å². The van der Waals surface area contributed by atoms with Gasteiger partial charge in [0.15, 0.2) is 0 Å². The number of amides is 1. The van der Waals surface area contributed by atoms with Gasteiger partial charge in [-0.25, -0.2) is 0 Å². The van der Waals surface area contributed by atoms with Gasteiger partial charge in [0.25, 0.3) is 0 Å². The minimum absolute atomic E-state index is 0.00425. The highest BCUT2D eigenvalue weighted by molar-refractivity contribution is 5.92. The van der Waals surface area contributed by atoms with Crippen LogP contribution in [-0.4, -0.2) is 12.5 Å². The predicted octanol–water partition coefficient (Wildman–Crippen LogP) is 4.13. The van der Waals surface area contributed by atoms with Crippen LogP contribution < -0.4 is 10.6 Å². The van der Waals surface area contributed by atoms with Crippen LogP contribution in [0.15, 0.2) is 24.3 Å². The molecule has 0 bridgehead atoms. The van der Waals surface area contributed by atoms with E-state index >= 15 is 0 Å². The molecule has 3 heteroatoms. The summed E-state index contributed by atoms with van der Waals surface area (Å²) in [6.45, 7) is 11.4. The molecule has 2 N–H and O–H groups in total. The van der Waals surface area contributed by atoms with Gasteiger partial charge in [0.05, 0.1) is 0 Å². The van der Waals surface area contributed by atoms with Crippen molar-refractivity contribution in [1.29, 1.82) is 0 Å². The molecule has 1 aromatic carbocycles. The summed E-state index contributed by atoms with van der Waals surface area (Å²) in [5.41, 5.74) is 2.28. The zero-order valence-corrected chi connectivity index (χ0v) is 12.7. The number of hydrogen-bond donors (Lipinski definition) is 2. The average Bonchev–Trinajstić information content (AvgIpc) is 2.29. The summed E-state index contributed by atoms with van der Waals surface area (Å²) in [7, 11) is 0. The first-order valence-corrected chi connectivity index (χ1v) is 6.93. The molecular weight excluding hydrogens is 236 g/mol. The van der Waals surface area contributed by atoms with E-state index in [4.69, 9.17) is 0 Å². The standard InChI is InChI=1S/C16H26N2O/c1-12(2)15(19)18-14-8-6-13(7-9-14)17-11-10-16(3,4)5/h6-9,12,17H,10-11H2,1-5H3,(H,18,19). The molecule has 0 aliphatic heterocycles. The largest absolute Gasteiger partial charge is 0.385 e. The van der Waals surface area contributed by atoms with Crippen molar-refractivity contribution < 1.29 is 4.79 Å². The summed E-state index contributed by atoms with van der Waals surface area (Å²) in [4.78, 5) is 11.6. The molecule has 0 aromatic heterocycles. The zero-order chi connectivity index (χ0) is 14.5. The van der Waals surface area contributed by atoms with Crippen molar-refractivity contribution >= 4 is 17.3 Å². The molecule has 1 amide bonds. The van der Waals surface area contributed by atoms with Crippen molar-refractivity contribution in [3.63, 3.8) is 0 Å². The highest BCUT2D eigenvalue weighted by Gasteiger charge is 2.09. The summed E-state index contributed by atoms with van der Waals surface area (Å²) in [6.07, 6.45) is 1.12. The minimum Gasteiger partial charge on any atom is -0.385 e. The average molecular weight is 262 g/mol. The van der Waals surface area contributed by atoms with Crippen LogP contribution in [0.2, 0.25) is 0 Å². The third kappa shape index (κ3) is 6.27. The molecule has 0 aliphatic carbocycles. The van der Waals surface area contributed by atoms with Crippen molar-refractivity contribution in [3.05, 3.63) is 24.3 Å². The van der Waals surface area contributed by atoms with Crippen LogP contribution in [0.25, 0.3) is 0 Å². The van der Waals surface area contributed by atoms with E-state index in [0.717, 1.165) is 24.3 Å². The van der Waals surface area contributed by atoms with Gasteiger partial charge in [-0.2, -0.15) is 0 Å². The fraction of sp³-hybridized carbons (Fsp3) is 0.562. The van der Waals surface area contributed by atoms with E-state index < -0.39 is 0 Å². The number of carbonyl (C=O) groups is 1. The summed E-state index contributed by atoms with van der Waals surface area (Å²) in [5.74, 6) is 0.0537. The molecule has 3 nitrogen and oxygen atoms in total. The van der Waals surface area contributed by atoms with E-state index in [9.17, 15) is 4.79 Å². The third-order valence-corrected chi connectivity index (χ3v) is 2.88. The lowest BCUT2D eigenvalue weighted by Crippen LogP contribution is -2.17. The SMILES string of the molecule is CC(C)C(=O)Nc1ccc(NCCC(C)(C)C)cc1. The lowest BCUT2D eigenvalue weighted by molar-refractivity contribution is -0.118. The summed E-state index contributed by atoms with van der Waals surface area (Å²) < 4.78 is 0. The van der Waals surface area contributed by atoms with E-state index in [0.29, 0.717) is 5.41 Å². The lowest BCUT2D eigenvalue weighted by Gasteiger charge is -2.18. The Labute approximate surface area is 116 Å². The van der Waals surface area contributed by atoms with E-state index in [1.165, 1.54) is 0 Å². The Hall–Kier alpha value is -1.51. The molecule has 106 valence electrons. The molecule has 0 unspecified atom stereocenters. The fourth-order valence-corrected chi connectivity index (χ4v) is 1.54. The van der Waals surface area contributed by atoms with Gasteiger partial charge >= 0.3 is 0 Å². The second-order valence-electron chi connectivity index (χ2n) is 6.46. The van der Waals surface area contributed by atoms with Crippen LogP contribution in [0.1, 0.15) is 41.0 Å². The lowest BCUT2D eigenvalue weighted by atomic mass is 9.92. The monoisotopic (exact) mass is 262 g/mol. The van der Waals surface area contributed by atoms with E-state index in [1.54, 1.807) is 0 Å². The van der Waals surface area contributed by atoms with Crippen LogP contribution in [0.5, 0.6) is 0 Å². The highest BCUT2D eigenvalue weighted by Crippen LogP contribution is 2.19. The Morgan fingerprint density at radius 1 is 1.11 bits per heavy atom. The maximum atomic E-state index is 11.6. The fourth-order valence-electron chi connectivity index (χ4n) is 1.54. The van der Waals surface area contributed by atoms with Crippen LogP contribution in [-0.2, 0) is 4.79 Å². The van der Waals surface area contributed by atoms with Crippen LogP contribution in [0.4, 0.5) is 11.4 Å². The molecule has 0 spiro atoms. The summed E-state index contributed by atoms with van der Waals surface area (Å²) in [5, 5.41) is 6.27. The second kappa shape index (κ2) is 6.60. The number of carbonyl (C=O) groups excluding carboxylic acids is 1. The molecule has 1 aromatic rings. The molecule has 0 aliphatic rings. The van der Waals surface area contributed by atoms with Gasteiger partial charge in [0.1, 0.15) is 0 Å². The van der Waals surface area contributed by atoms with E-state index in [-0.39, 0.29) is 11.8 Å². The molecule has 0 saturated heterocycles. The van der Waals surface area contributed by atoms with Gasteiger partial charge in [-0.15, -0.1) is 0 Å². The van der Waals surface area contributed by atoms with Crippen LogP contribution in [0.3, 0.4) is 0 Å². The van der Waals surface area contributed by atoms with Crippen molar-refractivity contribution in [2.24, 2.45) is 11.3 Å². The third-order valence-electron chi connectivity index (χ3n) is 2.88. The topological polar surface area (TPSA) is 41.1 Å². The molecule has 0 radical (unpaired) electrons. The Balaban J connectivity index is 2.46. The Morgan fingerprint density at radius 3 is 2.11 bits per heavy atom. The highest BCUT2D eigenvalue weighted by atomic mass is 16.1. The Morgan fingerprint density at radius 2 is 1.63 bits per heavy atom. The van der Waals surface area contributed by atoms with Gasteiger partial charge in [0, 0.05) is 23.8 Å². The maximum absolute atomic E-state index is 11.6. The van der Waals surface area contributed by atoms with Crippen molar-refractivity contribution in [2.75, 3.05) is 17.2 Å². The minimum atomic E-state index is 0.00425. The van der Waals surface area contributed by atoms with Gasteiger partial charge in [-0.3, -0.25) is 4.79 Å². The molecule has 19 heavy (non-hydrogen) atoms. The number of rotatable bonds is 5.